The summed E-state index contributed by atoms with van der Waals surface area (Å²) in [5, 5.41) is 0. The van der Waals surface area contributed by atoms with Crippen LogP contribution in [0.25, 0.3) is 0 Å². The molecule has 0 fully saturated rings. The van der Waals surface area contributed by atoms with Gasteiger partial charge >= 0.3 is 0 Å². The average molecular weight is 607 g/mol. The highest BCUT2D eigenvalue weighted by Crippen LogP contribution is 2.17. The molecule has 0 saturated carbocycles. The number of allylic oxidation sites excluding steroid dienone is 14. The zero-order chi connectivity index (χ0) is 33.4. The smallest absolute Gasteiger partial charge is 0.0657 e. The van der Waals surface area contributed by atoms with Crippen LogP contribution in [0.15, 0.2) is 97.2 Å². The largest absolute Gasteiger partial charge is 0.378 e. The van der Waals surface area contributed by atoms with Gasteiger partial charge in [0.1, 0.15) is 0 Å². The van der Waals surface area contributed by atoms with Crippen molar-refractivity contribution in [2.45, 2.75) is 119 Å². The van der Waals surface area contributed by atoms with E-state index in [0.717, 1.165) is 38.5 Å². The van der Waals surface area contributed by atoms with Gasteiger partial charge < -0.3 is 9.47 Å². The summed E-state index contributed by atoms with van der Waals surface area (Å²) >= 11 is 0. The Kier molecular flexibility index (Phi) is 22.9. The van der Waals surface area contributed by atoms with Gasteiger partial charge in [0.25, 0.3) is 0 Å². The number of hydrogen-bond donors (Lipinski definition) is 0. The van der Waals surface area contributed by atoms with Crippen molar-refractivity contribution >= 4 is 0 Å². The van der Waals surface area contributed by atoms with E-state index in [2.05, 4.69) is 166 Å². The van der Waals surface area contributed by atoms with E-state index in [1.54, 1.807) is 14.2 Å². The van der Waals surface area contributed by atoms with Gasteiger partial charge in [-0.3, -0.25) is 0 Å². The molecule has 0 heterocycles. The van der Waals surface area contributed by atoms with E-state index in [9.17, 15) is 0 Å². The molecule has 0 amide bonds. The lowest BCUT2D eigenvalue weighted by Gasteiger charge is -2.20. The first-order valence-corrected chi connectivity index (χ1v) is 17.1. The van der Waals surface area contributed by atoms with Crippen molar-refractivity contribution in [2.24, 2.45) is 35.5 Å². The second-order valence-corrected chi connectivity index (χ2v) is 14.2. The molecule has 0 N–H and O–H groups in total. The molecule has 6 unspecified atom stereocenters. The maximum atomic E-state index is 5.48. The van der Waals surface area contributed by atoms with Gasteiger partial charge in [0, 0.05) is 14.2 Å². The SMILES string of the molecule is COC(C)(C)C/C=C/C(C)/C=C/CC(C)/C=C/CC(C)/C=C/C=C/C(C)C/C=C/C(C)/C=C/CC(C)/C=C/CC(C)(C)OC. The summed E-state index contributed by atoms with van der Waals surface area (Å²) in [4.78, 5) is 0. The van der Waals surface area contributed by atoms with Crippen molar-refractivity contribution in [3.05, 3.63) is 97.2 Å². The molecule has 6 atom stereocenters. The summed E-state index contributed by atoms with van der Waals surface area (Å²) in [5.41, 5.74) is -0.170. The Morgan fingerprint density at radius 2 is 0.682 bits per heavy atom. The summed E-state index contributed by atoms with van der Waals surface area (Å²) in [6.45, 7) is 22.1. The third-order valence-corrected chi connectivity index (χ3v) is 8.03. The minimum absolute atomic E-state index is 0.0819. The molecule has 0 bridgehead atoms. The summed E-state index contributed by atoms with van der Waals surface area (Å²) < 4.78 is 11.0. The Balaban J connectivity index is 4.29. The second-order valence-electron chi connectivity index (χ2n) is 14.2. The van der Waals surface area contributed by atoms with Gasteiger partial charge in [0.2, 0.25) is 0 Å². The molecular weight excluding hydrogens is 536 g/mol. The molecule has 0 aromatic rings. The van der Waals surface area contributed by atoms with Crippen molar-refractivity contribution < 1.29 is 9.47 Å². The van der Waals surface area contributed by atoms with Gasteiger partial charge in [-0.2, -0.15) is 0 Å². The highest BCUT2D eigenvalue weighted by molar-refractivity contribution is 5.08. The first-order valence-electron chi connectivity index (χ1n) is 17.1. The number of rotatable bonds is 23. The Hall–Kier alpha value is -2.16. The predicted octanol–water partition coefficient (Wildman–Crippen LogP) is 12.4. The van der Waals surface area contributed by atoms with Crippen LogP contribution in [0, 0.1) is 35.5 Å². The van der Waals surface area contributed by atoms with E-state index in [1.807, 2.05) is 0 Å². The van der Waals surface area contributed by atoms with Gasteiger partial charge in [-0.15, -0.1) is 0 Å². The van der Waals surface area contributed by atoms with Crippen LogP contribution >= 0.6 is 0 Å². The molecule has 2 nitrogen and oxygen atoms in total. The van der Waals surface area contributed by atoms with Crippen LogP contribution in [0.2, 0.25) is 0 Å². The third kappa shape index (κ3) is 25.2. The van der Waals surface area contributed by atoms with E-state index < -0.39 is 0 Å². The summed E-state index contributed by atoms with van der Waals surface area (Å²) in [5.74, 6) is 3.10. The fourth-order valence-electron chi connectivity index (χ4n) is 4.32. The van der Waals surface area contributed by atoms with Gasteiger partial charge in [-0.25, -0.2) is 0 Å². The highest BCUT2D eigenvalue weighted by atomic mass is 16.5. The summed E-state index contributed by atoms with van der Waals surface area (Å²) in [6, 6.07) is 0. The van der Waals surface area contributed by atoms with E-state index in [4.69, 9.17) is 9.47 Å². The molecule has 0 spiro atoms. The lowest BCUT2D eigenvalue weighted by molar-refractivity contribution is 0.0251. The second kappa shape index (κ2) is 24.1. The van der Waals surface area contributed by atoms with Crippen molar-refractivity contribution in [3.8, 4) is 0 Å². The monoisotopic (exact) mass is 607 g/mol. The molecule has 2 heteroatoms. The Morgan fingerprint density at radius 1 is 0.409 bits per heavy atom. The van der Waals surface area contributed by atoms with Crippen molar-refractivity contribution in [3.63, 3.8) is 0 Å². The minimum Gasteiger partial charge on any atom is -0.378 e. The van der Waals surface area contributed by atoms with Crippen LogP contribution in [0.5, 0.6) is 0 Å². The first-order chi connectivity index (χ1) is 20.7. The van der Waals surface area contributed by atoms with Crippen molar-refractivity contribution in [1.82, 2.24) is 0 Å². The van der Waals surface area contributed by atoms with E-state index in [0.29, 0.717) is 35.5 Å². The van der Waals surface area contributed by atoms with Gasteiger partial charge in [-0.05, 0) is 102 Å². The van der Waals surface area contributed by atoms with Crippen LogP contribution in [-0.2, 0) is 9.47 Å². The molecule has 0 aliphatic heterocycles. The van der Waals surface area contributed by atoms with Crippen LogP contribution in [0.3, 0.4) is 0 Å². The Bertz CT molecular complexity index is 952. The lowest BCUT2D eigenvalue weighted by atomic mass is 10.0. The lowest BCUT2D eigenvalue weighted by Crippen LogP contribution is -2.20. The zero-order valence-corrected chi connectivity index (χ0v) is 30.8. The fraction of sp³-hybridized carbons (Fsp3) is 0.619. The summed E-state index contributed by atoms with van der Waals surface area (Å²) in [6.07, 6.45) is 42.9. The molecule has 0 radical (unpaired) electrons. The molecule has 0 aliphatic rings. The molecule has 0 aliphatic carbocycles. The van der Waals surface area contributed by atoms with Crippen LogP contribution in [0.1, 0.15) is 108 Å². The molecule has 0 aromatic heterocycles. The number of methoxy groups -OCH3 is 2. The Labute approximate surface area is 274 Å². The van der Waals surface area contributed by atoms with Gasteiger partial charge in [0.15, 0.2) is 0 Å². The van der Waals surface area contributed by atoms with Crippen molar-refractivity contribution in [1.29, 1.82) is 0 Å². The Morgan fingerprint density at radius 3 is 1.05 bits per heavy atom. The maximum Gasteiger partial charge on any atom is 0.0657 e. The highest BCUT2D eigenvalue weighted by Gasteiger charge is 2.14. The number of ether oxygens (including phenoxy) is 2. The predicted molar refractivity (Wildman–Crippen MR) is 198 cm³/mol. The van der Waals surface area contributed by atoms with Crippen LogP contribution in [-0.4, -0.2) is 25.4 Å². The molecular formula is C42H70O2. The molecule has 0 aromatic carbocycles. The molecule has 0 saturated heterocycles. The van der Waals surface area contributed by atoms with Crippen LogP contribution < -0.4 is 0 Å². The average Bonchev–Trinajstić information content (AvgIpc) is 2.95. The zero-order valence-electron chi connectivity index (χ0n) is 30.8. The van der Waals surface area contributed by atoms with E-state index in [-0.39, 0.29) is 11.2 Å². The maximum absolute atomic E-state index is 5.48. The molecule has 0 rings (SSSR count). The normalized spacial score (nSPS) is 18.4. The van der Waals surface area contributed by atoms with E-state index >= 15 is 0 Å². The van der Waals surface area contributed by atoms with Gasteiger partial charge in [-0.1, -0.05) is 139 Å². The minimum atomic E-state index is -0.0881. The van der Waals surface area contributed by atoms with Gasteiger partial charge in [0.05, 0.1) is 11.2 Å². The standard InChI is InChI=1S/C42H70O2/c1-35(23-15-25-37(3)27-17-29-39(5)31-19-33-41(7,8)43-11)21-13-14-22-36(2)24-16-26-38(4)28-18-30-40(6)32-20-34-42(9,10)44-12/h13-22,25-27,30-32,35-40H,23-24,28-29,33-34H2,1-12H3/b21-13+,22-14+,25-15+,26-16+,27-17+,30-18+,31-19+,32-20+. The molecule has 250 valence electrons. The first kappa shape index (κ1) is 41.8. The fourth-order valence-corrected chi connectivity index (χ4v) is 4.32. The summed E-state index contributed by atoms with van der Waals surface area (Å²) in [7, 11) is 3.55. The molecule has 44 heavy (non-hydrogen) atoms. The third-order valence-electron chi connectivity index (χ3n) is 8.03. The van der Waals surface area contributed by atoms with E-state index in [1.165, 1.54) is 0 Å². The topological polar surface area (TPSA) is 18.5 Å². The van der Waals surface area contributed by atoms with Crippen molar-refractivity contribution in [2.75, 3.05) is 14.2 Å². The van der Waals surface area contributed by atoms with Crippen LogP contribution in [0.4, 0.5) is 0 Å². The quantitative estimate of drug-likeness (QED) is 0.0851. The number of hydrogen-bond acceptors (Lipinski definition) is 2.